The number of likely N-dealkylation sites (N-methyl/N-ethyl adjacent to an activating group) is 1. The molecule has 1 aromatic heterocycles. The molecule has 2 aliphatic rings. The molecule has 0 saturated carbocycles. The maximum atomic E-state index is 10.8. The highest BCUT2D eigenvalue weighted by Crippen LogP contribution is 2.54. The minimum atomic E-state index is 0.168. The molecular formula is C26H24N2O4. The summed E-state index contributed by atoms with van der Waals surface area (Å²) in [5.74, 6) is 1.86. The van der Waals surface area contributed by atoms with Gasteiger partial charge in [-0.25, -0.2) is 4.98 Å². The van der Waals surface area contributed by atoms with Gasteiger partial charge in [0.1, 0.15) is 5.52 Å². The van der Waals surface area contributed by atoms with Crippen LogP contribution in [0.25, 0.3) is 33.7 Å². The number of oxazole rings is 1. The number of phenolic OH excluding ortho intramolecular Hbond substituents is 1. The average Bonchev–Trinajstić information content (AvgIpc) is 3.27. The number of rotatable bonds is 3. The highest BCUT2D eigenvalue weighted by atomic mass is 16.5. The van der Waals surface area contributed by atoms with Crippen LogP contribution in [0.3, 0.4) is 0 Å². The summed E-state index contributed by atoms with van der Waals surface area (Å²) >= 11 is 0. The maximum absolute atomic E-state index is 10.8. The third-order valence-corrected chi connectivity index (χ3v) is 6.83. The molecule has 2 heterocycles. The van der Waals surface area contributed by atoms with Gasteiger partial charge < -0.3 is 19.0 Å². The SMILES string of the molecule is COc1c(O)cc2c3c1-c1cc(OC)c4oc(-c5ccccc5)nc4c1CC3N(C)CC2. The first-order chi connectivity index (χ1) is 15.6. The van der Waals surface area contributed by atoms with Crippen LogP contribution in [0.2, 0.25) is 0 Å². The summed E-state index contributed by atoms with van der Waals surface area (Å²) in [5, 5.41) is 10.8. The Bertz CT molecular complexity index is 1360. The second-order valence-electron chi connectivity index (χ2n) is 8.49. The van der Waals surface area contributed by atoms with Crippen molar-refractivity contribution in [3.8, 4) is 39.8 Å². The fourth-order valence-corrected chi connectivity index (χ4v) is 5.29. The molecule has 4 aromatic rings. The van der Waals surface area contributed by atoms with E-state index in [4.69, 9.17) is 18.9 Å². The number of ether oxygens (including phenoxy) is 2. The first-order valence-electron chi connectivity index (χ1n) is 10.8. The van der Waals surface area contributed by atoms with Crippen molar-refractivity contribution in [1.29, 1.82) is 0 Å². The number of aromatic nitrogens is 1. The van der Waals surface area contributed by atoms with Crippen molar-refractivity contribution < 1.29 is 19.0 Å². The van der Waals surface area contributed by atoms with Gasteiger partial charge in [-0.3, -0.25) is 4.90 Å². The summed E-state index contributed by atoms with van der Waals surface area (Å²) < 4.78 is 17.7. The average molecular weight is 428 g/mol. The molecule has 3 aromatic carbocycles. The van der Waals surface area contributed by atoms with Gasteiger partial charge in [-0.15, -0.1) is 0 Å². The number of phenols is 1. The predicted molar refractivity (Wildman–Crippen MR) is 122 cm³/mol. The van der Waals surface area contributed by atoms with Crippen LogP contribution in [-0.2, 0) is 12.8 Å². The summed E-state index contributed by atoms with van der Waals surface area (Å²) in [7, 11) is 5.40. The lowest BCUT2D eigenvalue weighted by molar-refractivity contribution is 0.227. The fourth-order valence-electron chi connectivity index (χ4n) is 5.29. The van der Waals surface area contributed by atoms with Gasteiger partial charge >= 0.3 is 0 Å². The molecule has 1 N–H and O–H groups in total. The summed E-state index contributed by atoms with van der Waals surface area (Å²) in [6.07, 6.45) is 1.70. The van der Waals surface area contributed by atoms with Crippen molar-refractivity contribution in [2.75, 3.05) is 27.8 Å². The quantitative estimate of drug-likeness (QED) is 0.497. The first kappa shape index (κ1) is 19.2. The monoisotopic (exact) mass is 428 g/mol. The number of benzene rings is 3. The highest BCUT2D eigenvalue weighted by Gasteiger charge is 2.38. The van der Waals surface area contributed by atoms with Crippen molar-refractivity contribution in [2.45, 2.75) is 18.9 Å². The van der Waals surface area contributed by atoms with Gasteiger partial charge in [0.05, 0.1) is 14.2 Å². The third-order valence-electron chi connectivity index (χ3n) is 6.83. The molecule has 0 radical (unpaired) electrons. The van der Waals surface area contributed by atoms with E-state index in [-0.39, 0.29) is 11.8 Å². The van der Waals surface area contributed by atoms with Gasteiger partial charge in [-0.05, 0) is 66.4 Å². The summed E-state index contributed by atoms with van der Waals surface area (Å²) in [5.41, 5.74) is 7.78. The van der Waals surface area contributed by atoms with Crippen LogP contribution >= 0.6 is 0 Å². The number of methoxy groups -OCH3 is 2. The standard InChI is InChI=1S/C26H24N2O4/c1-28-10-9-15-11-19(29)24(31-3)22-16-13-20(30-2)25-23(17(16)12-18(28)21(15)22)27-26(32-25)14-7-5-4-6-8-14/h4-8,11,13,18,29H,9-10,12H2,1-3H3. The Balaban J connectivity index is 1.70. The van der Waals surface area contributed by atoms with Gasteiger partial charge in [0, 0.05) is 23.7 Å². The molecule has 6 nitrogen and oxygen atoms in total. The second-order valence-corrected chi connectivity index (χ2v) is 8.49. The summed E-state index contributed by atoms with van der Waals surface area (Å²) in [6, 6.07) is 13.9. The molecule has 0 saturated heterocycles. The molecule has 1 unspecified atom stereocenters. The maximum Gasteiger partial charge on any atom is 0.227 e. The molecule has 32 heavy (non-hydrogen) atoms. The summed E-state index contributed by atoms with van der Waals surface area (Å²) in [6.45, 7) is 0.936. The minimum Gasteiger partial charge on any atom is -0.504 e. The number of hydrogen-bond donors (Lipinski definition) is 1. The molecule has 0 fully saturated rings. The van der Waals surface area contributed by atoms with Crippen LogP contribution in [0, 0.1) is 0 Å². The molecule has 0 spiro atoms. The van der Waals surface area contributed by atoms with E-state index in [2.05, 4.69) is 11.9 Å². The molecular weight excluding hydrogens is 404 g/mol. The molecule has 1 aliphatic carbocycles. The highest BCUT2D eigenvalue weighted by molar-refractivity contribution is 5.96. The second kappa shape index (κ2) is 7.00. The van der Waals surface area contributed by atoms with Crippen LogP contribution in [0.4, 0.5) is 0 Å². The zero-order chi connectivity index (χ0) is 22.0. The zero-order valence-corrected chi connectivity index (χ0v) is 18.3. The van der Waals surface area contributed by atoms with Crippen molar-refractivity contribution in [2.24, 2.45) is 0 Å². The molecule has 6 rings (SSSR count). The normalized spacial score (nSPS) is 17.2. The Morgan fingerprint density at radius 3 is 2.69 bits per heavy atom. The molecule has 6 heteroatoms. The lowest BCUT2D eigenvalue weighted by Crippen LogP contribution is -2.35. The lowest BCUT2D eigenvalue weighted by atomic mass is 9.76. The van der Waals surface area contributed by atoms with E-state index in [1.165, 1.54) is 11.1 Å². The van der Waals surface area contributed by atoms with Gasteiger partial charge in [0.25, 0.3) is 0 Å². The van der Waals surface area contributed by atoms with E-state index in [9.17, 15) is 5.11 Å². The molecule has 1 atom stereocenters. The molecule has 1 aliphatic heterocycles. The van der Waals surface area contributed by atoms with Gasteiger partial charge in [0.15, 0.2) is 22.8 Å². The van der Waals surface area contributed by atoms with E-state index in [0.29, 0.717) is 23.0 Å². The molecule has 0 bridgehead atoms. The largest absolute Gasteiger partial charge is 0.504 e. The Hall–Kier alpha value is -3.51. The summed E-state index contributed by atoms with van der Waals surface area (Å²) in [4.78, 5) is 7.30. The van der Waals surface area contributed by atoms with Crippen LogP contribution in [0.5, 0.6) is 17.2 Å². The van der Waals surface area contributed by atoms with Crippen molar-refractivity contribution in [3.63, 3.8) is 0 Å². The number of aromatic hydroxyl groups is 1. The first-order valence-corrected chi connectivity index (χ1v) is 10.8. The Morgan fingerprint density at radius 1 is 1.12 bits per heavy atom. The van der Waals surface area contributed by atoms with E-state index in [1.807, 2.05) is 42.5 Å². The van der Waals surface area contributed by atoms with Gasteiger partial charge in [-0.2, -0.15) is 0 Å². The van der Waals surface area contributed by atoms with E-state index < -0.39 is 0 Å². The number of nitrogens with zero attached hydrogens (tertiary/aromatic N) is 2. The topological polar surface area (TPSA) is 68.0 Å². The van der Waals surface area contributed by atoms with Crippen LogP contribution < -0.4 is 9.47 Å². The third kappa shape index (κ3) is 2.59. The Kier molecular flexibility index (Phi) is 4.20. The fraction of sp³-hybridized carbons (Fsp3) is 0.269. The van der Waals surface area contributed by atoms with E-state index in [1.54, 1.807) is 14.2 Å². The zero-order valence-electron chi connectivity index (χ0n) is 18.3. The van der Waals surface area contributed by atoms with Crippen LogP contribution in [-0.4, -0.2) is 42.8 Å². The van der Waals surface area contributed by atoms with E-state index in [0.717, 1.165) is 47.2 Å². The Morgan fingerprint density at radius 2 is 1.94 bits per heavy atom. The predicted octanol–water partition coefficient (Wildman–Crippen LogP) is 4.97. The lowest BCUT2D eigenvalue weighted by Gasteiger charge is -2.40. The van der Waals surface area contributed by atoms with Crippen molar-refractivity contribution in [1.82, 2.24) is 9.88 Å². The van der Waals surface area contributed by atoms with Crippen LogP contribution in [0.1, 0.15) is 22.7 Å². The van der Waals surface area contributed by atoms with Crippen molar-refractivity contribution in [3.05, 3.63) is 59.2 Å². The van der Waals surface area contributed by atoms with Gasteiger partial charge in [-0.1, -0.05) is 18.2 Å². The van der Waals surface area contributed by atoms with E-state index >= 15 is 0 Å². The minimum absolute atomic E-state index is 0.168. The van der Waals surface area contributed by atoms with Gasteiger partial charge in [0.2, 0.25) is 5.89 Å². The number of fused-ring (bicyclic) bond motifs is 4. The van der Waals surface area contributed by atoms with Crippen LogP contribution in [0.15, 0.2) is 46.9 Å². The number of hydrogen-bond acceptors (Lipinski definition) is 6. The smallest absolute Gasteiger partial charge is 0.227 e. The molecule has 162 valence electrons. The molecule has 0 amide bonds. The Labute approximate surface area is 186 Å². The van der Waals surface area contributed by atoms with Crippen molar-refractivity contribution >= 4 is 11.1 Å².